The second-order valence-electron chi connectivity index (χ2n) is 4.37. The summed E-state index contributed by atoms with van der Waals surface area (Å²) >= 11 is 1.30. The first-order valence-corrected chi connectivity index (χ1v) is 8.05. The monoisotopic (exact) mass is 274 g/mol. The molecule has 0 aromatic carbocycles. The van der Waals surface area contributed by atoms with Gasteiger partial charge in [-0.2, -0.15) is 0 Å². The molecule has 17 heavy (non-hydrogen) atoms. The summed E-state index contributed by atoms with van der Waals surface area (Å²) in [5.74, 6) is -0.444. The number of amides is 1. The van der Waals surface area contributed by atoms with E-state index in [1.54, 1.807) is 0 Å². The highest BCUT2D eigenvalue weighted by Crippen LogP contribution is 2.40. The van der Waals surface area contributed by atoms with Crippen molar-refractivity contribution in [3.05, 3.63) is 11.1 Å². The maximum absolute atomic E-state index is 12.0. The third-order valence-electron chi connectivity index (χ3n) is 3.12. The summed E-state index contributed by atoms with van der Waals surface area (Å²) in [5.41, 5.74) is 0.812. The molecule has 2 rings (SSSR count). The van der Waals surface area contributed by atoms with Gasteiger partial charge < -0.3 is 5.32 Å². The number of nitrogens with one attached hydrogen (secondary N) is 1. The molecule has 1 aromatic rings. The second kappa shape index (κ2) is 4.06. The van der Waals surface area contributed by atoms with E-state index >= 15 is 0 Å². The molecule has 1 aliphatic carbocycles. The van der Waals surface area contributed by atoms with Crippen LogP contribution < -0.4 is 5.32 Å². The van der Waals surface area contributed by atoms with Crippen molar-refractivity contribution in [2.45, 2.75) is 30.9 Å². The van der Waals surface area contributed by atoms with Crippen LogP contribution in [0.4, 0.5) is 5.13 Å². The van der Waals surface area contributed by atoms with E-state index in [1.165, 1.54) is 11.3 Å². The summed E-state index contributed by atoms with van der Waals surface area (Å²) < 4.78 is 22.2. The Kier molecular flexibility index (Phi) is 2.99. The molecule has 0 saturated heterocycles. The van der Waals surface area contributed by atoms with Gasteiger partial charge in [-0.3, -0.25) is 4.79 Å². The molecule has 94 valence electrons. The Morgan fingerprint density at radius 2 is 2.18 bits per heavy atom. The lowest BCUT2D eigenvalue weighted by Crippen LogP contribution is -2.54. The summed E-state index contributed by atoms with van der Waals surface area (Å²) in [4.78, 5) is 16.1. The minimum Gasteiger partial charge on any atom is -0.301 e. The topological polar surface area (TPSA) is 76.1 Å². The molecule has 0 spiro atoms. The Hall–Kier alpha value is -0.950. The molecule has 7 heteroatoms. The van der Waals surface area contributed by atoms with Crippen molar-refractivity contribution in [1.29, 1.82) is 0 Å². The molecule has 0 radical (unpaired) electrons. The Labute approximate surface area is 104 Å². The zero-order chi connectivity index (χ0) is 12.7. The Balaban J connectivity index is 2.20. The molecular formula is C10H14N2O3S2. The molecular weight excluding hydrogens is 260 g/mol. The Morgan fingerprint density at radius 3 is 2.53 bits per heavy atom. The number of anilines is 1. The summed E-state index contributed by atoms with van der Waals surface area (Å²) in [6, 6.07) is 0. The lowest BCUT2D eigenvalue weighted by atomic mass is 9.83. The average molecular weight is 274 g/mol. The number of hydrogen-bond acceptors (Lipinski definition) is 5. The Bertz CT molecular complexity index is 544. The summed E-state index contributed by atoms with van der Waals surface area (Å²) in [5, 5.41) is 4.87. The minimum absolute atomic E-state index is 0.405. The molecule has 1 heterocycles. The van der Waals surface area contributed by atoms with Crippen molar-refractivity contribution in [3.8, 4) is 0 Å². The summed E-state index contributed by atoms with van der Waals surface area (Å²) in [6.45, 7) is 1.82. The third-order valence-corrected chi connectivity index (χ3v) is 6.01. The van der Waals surface area contributed by atoms with Gasteiger partial charge in [-0.1, -0.05) is 0 Å². The van der Waals surface area contributed by atoms with Crippen molar-refractivity contribution in [1.82, 2.24) is 4.98 Å². The van der Waals surface area contributed by atoms with Crippen molar-refractivity contribution in [2.24, 2.45) is 0 Å². The fourth-order valence-corrected chi connectivity index (χ4v) is 3.99. The number of thiazole rings is 1. The van der Waals surface area contributed by atoms with Crippen molar-refractivity contribution in [3.63, 3.8) is 0 Å². The second-order valence-corrected chi connectivity index (χ2v) is 7.55. The number of nitrogens with zero attached hydrogens (tertiary/aromatic N) is 1. The molecule has 1 aliphatic rings. The van der Waals surface area contributed by atoms with E-state index in [4.69, 9.17) is 0 Å². The van der Waals surface area contributed by atoms with Gasteiger partial charge in [-0.05, 0) is 26.2 Å². The van der Waals surface area contributed by atoms with Crippen LogP contribution in [0.25, 0.3) is 0 Å². The quantitative estimate of drug-likeness (QED) is 0.903. The predicted octanol–water partition coefficient (Wildman–Crippen LogP) is 1.36. The maximum atomic E-state index is 12.0. The van der Waals surface area contributed by atoms with Crippen molar-refractivity contribution >= 4 is 32.2 Å². The maximum Gasteiger partial charge on any atom is 0.247 e. The lowest BCUT2D eigenvalue weighted by molar-refractivity contribution is -0.120. The van der Waals surface area contributed by atoms with Crippen LogP contribution in [0.2, 0.25) is 0 Å². The van der Waals surface area contributed by atoms with Gasteiger partial charge in [0.25, 0.3) is 0 Å². The highest BCUT2D eigenvalue weighted by molar-refractivity contribution is 7.93. The molecule has 1 fully saturated rings. The van der Waals surface area contributed by atoms with Crippen LogP contribution >= 0.6 is 11.3 Å². The SMILES string of the molecule is Cc1csc(NC(=O)C2(S(C)(=O)=O)CCC2)n1. The third kappa shape index (κ3) is 2.09. The molecule has 1 N–H and O–H groups in total. The number of hydrogen-bond donors (Lipinski definition) is 1. The van der Waals surface area contributed by atoms with E-state index < -0.39 is 20.5 Å². The van der Waals surface area contributed by atoms with E-state index in [0.717, 1.165) is 18.4 Å². The predicted molar refractivity (Wildman–Crippen MR) is 66.9 cm³/mol. The fourth-order valence-electron chi connectivity index (χ4n) is 1.89. The molecule has 0 bridgehead atoms. The smallest absolute Gasteiger partial charge is 0.247 e. The molecule has 0 aliphatic heterocycles. The first kappa shape index (κ1) is 12.5. The van der Waals surface area contributed by atoms with E-state index in [2.05, 4.69) is 10.3 Å². The van der Waals surface area contributed by atoms with Gasteiger partial charge in [0.15, 0.2) is 19.7 Å². The highest BCUT2D eigenvalue weighted by atomic mass is 32.2. The van der Waals surface area contributed by atoms with Crippen LogP contribution in [-0.4, -0.2) is 30.3 Å². The molecule has 1 saturated carbocycles. The first-order valence-electron chi connectivity index (χ1n) is 5.28. The summed E-state index contributed by atoms with van der Waals surface area (Å²) in [7, 11) is -3.38. The van der Waals surface area contributed by atoms with Crippen molar-refractivity contribution in [2.75, 3.05) is 11.6 Å². The molecule has 5 nitrogen and oxygen atoms in total. The zero-order valence-corrected chi connectivity index (χ0v) is 11.3. The molecule has 0 unspecified atom stereocenters. The lowest BCUT2D eigenvalue weighted by Gasteiger charge is -2.37. The van der Waals surface area contributed by atoms with Gasteiger partial charge in [0, 0.05) is 11.6 Å². The van der Waals surface area contributed by atoms with Crippen LogP contribution in [0, 0.1) is 6.92 Å². The van der Waals surface area contributed by atoms with E-state index in [0.29, 0.717) is 18.0 Å². The Morgan fingerprint density at radius 1 is 1.53 bits per heavy atom. The zero-order valence-electron chi connectivity index (χ0n) is 9.69. The van der Waals surface area contributed by atoms with Gasteiger partial charge >= 0.3 is 0 Å². The van der Waals surface area contributed by atoms with Crippen LogP contribution in [0.15, 0.2) is 5.38 Å². The van der Waals surface area contributed by atoms with Crippen LogP contribution in [-0.2, 0) is 14.6 Å². The van der Waals surface area contributed by atoms with Crippen molar-refractivity contribution < 1.29 is 13.2 Å². The number of aromatic nitrogens is 1. The van der Waals surface area contributed by atoms with Gasteiger partial charge in [0.05, 0.1) is 5.69 Å². The molecule has 1 amide bonds. The van der Waals surface area contributed by atoms with Gasteiger partial charge in [0.1, 0.15) is 0 Å². The summed E-state index contributed by atoms with van der Waals surface area (Å²) in [6.07, 6.45) is 2.71. The largest absolute Gasteiger partial charge is 0.301 e. The van der Waals surface area contributed by atoms with E-state index in [1.807, 2.05) is 12.3 Å². The van der Waals surface area contributed by atoms with E-state index in [9.17, 15) is 13.2 Å². The van der Waals surface area contributed by atoms with E-state index in [-0.39, 0.29) is 0 Å². The standard InChI is InChI=1S/C10H14N2O3S2/c1-7-6-16-9(11-7)12-8(13)10(4-3-5-10)17(2,14)15/h6H,3-5H2,1-2H3,(H,11,12,13). The number of sulfone groups is 1. The number of aryl methyl sites for hydroxylation is 1. The fraction of sp³-hybridized carbons (Fsp3) is 0.600. The van der Waals surface area contributed by atoms with Crippen LogP contribution in [0.5, 0.6) is 0 Å². The van der Waals surface area contributed by atoms with Gasteiger partial charge in [-0.25, -0.2) is 13.4 Å². The average Bonchev–Trinajstić information content (AvgIpc) is 2.45. The van der Waals surface area contributed by atoms with Crippen LogP contribution in [0.3, 0.4) is 0 Å². The van der Waals surface area contributed by atoms with Crippen LogP contribution in [0.1, 0.15) is 25.0 Å². The molecule has 1 aromatic heterocycles. The number of carbonyl (C=O) groups is 1. The van der Waals surface area contributed by atoms with Gasteiger partial charge in [-0.15, -0.1) is 11.3 Å². The number of rotatable bonds is 3. The first-order chi connectivity index (χ1) is 7.85. The normalized spacial score (nSPS) is 18.5. The molecule has 0 atom stereocenters. The highest BCUT2D eigenvalue weighted by Gasteiger charge is 2.53. The number of carbonyl (C=O) groups excluding carboxylic acids is 1. The van der Waals surface area contributed by atoms with Gasteiger partial charge in [0.2, 0.25) is 5.91 Å². The minimum atomic E-state index is -3.38.